The Morgan fingerprint density at radius 3 is 1.74 bits per heavy atom. The van der Waals surface area contributed by atoms with Crippen LogP contribution in [0.3, 0.4) is 0 Å². The van der Waals surface area contributed by atoms with Crippen LogP contribution in [0.4, 0.5) is 0 Å². The summed E-state index contributed by atoms with van der Waals surface area (Å²) in [4.78, 5) is 12.0. The highest BCUT2D eigenvalue weighted by atomic mass is 35.5. The lowest BCUT2D eigenvalue weighted by Crippen LogP contribution is -2.18. The molecule has 1 atom stereocenters. The highest BCUT2D eigenvalue weighted by Crippen LogP contribution is 2.44. The molecule has 0 spiro atoms. The van der Waals surface area contributed by atoms with Gasteiger partial charge < -0.3 is 5.11 Å². The molecule has 0 aliphatic carbocycles. The van der Waals surface area contributed by atoms with Gasteiger partial charge in [-0.05, 0) is 45.2 Å². The number of hydrogen-bond acceptors (Lipinski definition) is 3. The summed E-state index contributed by atoms with van der Waals surface area (Å²) >= 11 is 7.34. The van der Waals surface area contributed by atoms with E-state index >= 15 is 0 Å². The smallest absolute Gasteiger partial charge is 0.186 e. The molecule has 1 N–H and O–H groups in total. The first kappa shape index (κ1) is 21.8. The summed E-state index contributed by atoms with van der Waals surface area (Å²) in [7, 11) is 0. The topological polar surface area (TPSA) is 37.3 Å². The average molecular weight is 405 g/mol. The van der Waals surface area contributed by atoms with Crippen LogP contribution < -0.4 is 0 Å². The first-order valence-corrected chi connectivity index (χ1v) is 10.4. The van der Waals surface area contributed by atoms with E-state index in [0.29, 0.717) is 10.8 Å². The second kappa shape index (κ2) is 7.89. The largest absolute Gasteiger partial charge is 0.507 e. The number of thioether (sulfide) groups is 1. The summed E-state index contributed by atoms with van der Waals surface area (Å²) < 4.78 is 0. The molecule has 0 fully saturated rings. The first-order valence-electron chi connectivity index (χ1n) is 9.11. The second-order valence-electron chi connectivity index (χ2n) is 9.01. The Bertz CT molecular complexity index is 792. The zero-order valence-corrected chi connectivity index (χ0v) is 18.8. The van der Waals surface area contributed by atoms with Crippen molar-refractivity contribution in [3.8, 4) is 5.75 Å². The zero-order chi connectivity index (χ0) is 20.6. The summed E-state index contributed by atoms with van der Waals surface area (Å²) in [6.07, 6.45) is 0. The van der Waals surface area contributed by atoms with Gasteiger partial charge in [-0.1, -0.05) is 89.2 Å². The lowest BCUT2D eigenvalue weighted by molar-refractivity contribution is -0.109. The molecule has 2 rings (SSSR count). The van der Waals surface area contributed by atoms with Gasteiger partial charge >= 0.3 is 0 Å². The van der Waals surface area contributed by atoms with Crippen molar-refractivity contribution in [1.29, 1.82) is 0 Å². The number of aromatic hydroxyl groups is 1. The molecule has 2 aromatic carbocycles. The summed E-state index contributed by atoms with van der Waals surface area (Å²) in [6.45, 7) is 14.1. The van der Waals surface area contributed by atoms with Gasteiger partial charge in [-0.2, -0.15) is 0 Å². The molecule has 27 heavy (non-hydrogen) atoms. The Kier molecular flexibility index (Phi) is 6.38. The van der Waals surface area contributed by atoms with E-state index in [1.165, 1.54) is 11.8 Å². The minimum Gasteiger partial charge on any atom is -0.507 e. The van der Waals surface area contributed by atoms with Crippen LogP contribution in [0.15, 0.2) is 36.4 Å². The van der Waals surface area contributed by atoms with E-state index in [2.05, 4.69) is 41.5 Å². The van der Waals surface area contributed by atoms with E-state index in [0.717, 1.165) is 22.3 Å². The number of phenolic OH excluding ortho intramolecular Hbond substituents is 1. The van der Waals surface area contributed by atoms with Crippen molar-refractivity contribution >= 4 is 28.5 Å². The van der Waals surface area contributed by atoms with Gasteiger partial charge in [0.25, 0.3) is 0 Å². The summed E-state index contributed by atoms with van der Waals surface area (Å²) in [6, 6.07) is 11.7. The van der Waals surface area contributed by atoms with E-state index < -0.39 is 0 Å². The molecule has 4 heteroatoms. The predicted octanol–water partition coefficient (Wildman–Crippen LogP) is 7.01. The number of halogens is 1. The maximum absolute atomic E-state index is 12.0. The van der Waals surface area contributed by atoms with E-state index in [4.69, 9.17) is 11.6 Å². The van der Waals surface area contributed by atoms with E-state index in [-0.39, 0.29) is 21.2 Å². The Labute approximate surface area is 172 Å². The summed E-state index contributed by atoms with van der Waals surface area (Å²) in [5.74, 6) is 0.349. The van der Waals surface area contributed by atoms with Gasteiger partial charge in [0, 0.05) is 11.9 Å². The number of rotatable bonds is 3. The molecule has 0 aromatic heterocycles. The number of phenols is 1. The van der Waals surface area contributed by atoms with Crippen LogP contribution in [0.5, 0.6) is 5.75 Å². The third-order valence-corrected chi connectivity index (χ3v) is 5.87. The van der Waals surface area contributed by atoms with E-state index in [9.17, 15) is 9.90 Å². The molecule has 0 amide bonds. The van der Waals surface area contributed by atoms with Crippen molar-refractivity contribution in [2.45, 2.75) is 64.5 Å². The molecule has 146 valence electrons. The second-order valence-corrected chi connectivity index (χ2v) is 10.7. The monoisotopic (exact) mass is 404 g/mol. The molecule has 0 saturated carbocycles. The Morgan fingerprint density at radius 1 is 0.926 bits per heavy atom. The van der Waals surface area contributed by atoms with Crippen LogP contribution in [0.2, 0.25) is 5.02 Å². The van der Waals surface area contributed by atoms with Gasteiger partial charge in [0.1, 0.15) is 5.75 Å². The minimum absolute atomic E-state index is 0.0534. The van der Waals surface area contributed by atoms with Crippen molar-refractivity contribution in [2.24, 2.45) is 0 Å². The fourth-order valence-corrected chi connectivity index (χ4v) is 4.11. The van der Waals surface area contributed by atoms with E-state index in [1.54, 1.807) is 6.92 Å². The quantitative estimate of drug-likeness (QED) is 0.597. The average Bonchev–Trinajstić information content (AvgIpc) is 2.51. The molecule has 0 heterocycles. The molecule has 0 saturated heterocycles. The van der Waals surface area contributed by atoms with Crippen molar-refractivity contribution < 1.29 is 9.90 Å². The molecule has 0 aliphatic heterocycles. The summed E-state index contributed by atoms with van der Waals surface area (Å²) in [5, 5.41) is 11.5. The van der Waals surface area contributed by atoms with Crippen LogP contribution >= 0.6 is 23.4 Å². The van der Waals surface area contributed by atoms with Crippen LogP contribution in [-0.4, -0.2) is 10.2 Å². The Hall–Kier alpha value is -1.45. The Morgan fingerprint density at radius 2 is 1.37 bits per heavy atom. The van der Waals surface area contributed by atoms with Crippen molar-refractivity contribution in [3.63, 3.8) is 0 Å². The number of hydrogen-bond donors (Lipinski definition) is 1. The molecule has 0 radical (unpaired) electrons. The molecule has 2 aromatic rings. The van der Waals surface area contributed by atoms with Crippen molar-refractivity contribution in [2.75, 3.05) is 0 Å². The molecule has 0 aliphatic rings. The fourth-order valence-electron chi connectivity index (χ4n) is 3.08. The number of benzene rings is 2. The Balaban J connectivity index is 2.74. The zero-order valence-electron chi connectivity index (χ0n) is 17.2. The molecule has 1 unspecified atom stereocenters. The number of carbonyl (C=O) groups excluding carboxylic acids is 1. The van der Waals surface area contributed by atoms with Crippen LogP contribution in [0.25, 0.3) is 0 Å². The maximum Gasteiger partial charge on any atom is 0.186 e. The third-order valence-electron chi connectivity index (χ3n) is 4.51. The van der Waals surface area contributed by atoms with Crippen molar-refractivity contribution in [1.82, 2.24) is 0 Å². The maximum atomic E-state index is 12.0. The highest BCUT2D eigenvalue weighted by Gasteiger charge is 2.29. The lowest BCUT2D eigenvalue weighted by Gasteiger charge is -2.30. The van der Waals surface area contributed by atoms with Crippen LogP contribution in [-0.2, 0) is 15.6 Å². The van der Waals surface area contributed by atoms with E-state index in [1.807, 2.05) is 36.4 Å². The SMILES string of the molecule is CC(=O)SC(c1ccc(Cl)cc1)c1cc(C(C)(C)C)c(O)c(C(C)(C)C)c1. The van der Waals surface area contributed by atoms with Gasteiger partial charge in [-0.15, -0.1) is 0 Å². The van der Waals surface area contributed by atoms with Crippen LogP contribution in [0.1, 0.15) is 76.0 Å². The summed E-state index contributed by atoms with van der Waals surface area (Å²) in [5.41, 5.74) is 3.40. The molecular formula is C23H29ClO2S. The number of carbonyl (C=O) groups is 1. The van der Waals surface area contributed by atoms with Gasteiger partial charge in [-0.25, -0.2) is 0 Å². The normalized spacial score (nSPS) is 13.5. The molecule has 0 bridgehead atoms. The van der Waals surface area contributed by atoms with Crippen LogP contribution in [0, 0.1) is 0 Å². The molecular weight excluding hydrogens is 376 g/mol. The van der Waals surface area contributed by atoms with Gasteiger partial charge in [0.2, 0.25) is 0 Å². The minimum atomic E-state index is -0.217. The van der Waals surface area contributed by atoms with Gasteiger partial charge in [0.15, 0.2) is 5.12 Å². The van der Waals surface area contributed by atoms with Crippen molar-refractivity contribution in [3.05, 3.63) is 63.7 Å². The first-order chi connectivity index (χ1) is 12.3. The molecule has 2 nitrogen and oxygen atoms in total. The third kappa shape index (κ3) is 5.30. The highest BCUT2D eigenvalue weighted by molar-refractivity contribution is 8.13. The predicted molar refractivity (Wildman–Crippen MR) is 117 cm³/mol. The van der Waals surface area contributed by atoms with Gasteiger partial charge in [0.05, 0.1) is 5.25 Å². The van der Waals surface area contributed by atoms with Gasteiger partial charge in [-0.3, -0.25) is 4.79 Å². The fraction of sp³-hybridized carbons (Fsp3) is 0.435. The standard InChI is InChI=1S/C23H29ClO2S/c1-14(25)27-21(15-8-10-17(24)11-9-15)16-12-18(22(2,3)4)20(26)19(13-16)23(5,6)7/h8-13,21,26H,1-7H3. The lowest BCUT2D eigenvalue weighted by atomic mass is 9.78.